The van der Waals surface area contributed by atoms with Crippen LogP contribution in [0.2, 0.25) is 0 Å². The van der Waals surface area contributed by atoms with Crippen molar-refractivity contribution in [2.75, 3.05) is 0 Å². The van der Waals surface area contributed by atoms with Crippen molar-refractivity contribution in [1.29, 1.82) is 0 Å². The first-order valence-electron chi connectivity index (χ1n) is 4.35. The van der Waals surface area contributed by atoms with Gasteiger partial charge in [0.2, 0.25) is 0 Å². The molecule has 13 heavy (non-hydrogen) atoms. The lowest BCUT2D eigenvalue weighted by atomic mass is 10.1. The first-order chi connectivity index (χ1) is 6.33. The lowest BCUT2D eigenvalue weighted by Gasteiger charge is -2.24. The predicted molar refractivity (Wildman–Crippen MR) is 47.8 cm³/mol. The number of fused-ring (bicyclic) bond motifs is 1. The van der Waals surface area contributed by atoms with Gasteiger partial charge >= 0.3 is 0 Å². The van der Waals surface area contributed by atoms with E-state index in [0.29, 0.717) is 0 Å². The molecule has 1 aromatic heterocycles. The van der Waals surface area contributed by atoms with Gasteiger partial charge in [0.1, 0.15) is 5.82 Å². The van der Waals surface area contributed by atoms with E-state index in [1.807, 2.05) is 0 Å². The second-order valence-corrected chi connectivity index (χ2v) is 3.15. The number of nitrogens with zero attached hydrogens (tertiary/aromatic N) is 2. The highest BCUT2D eigenvalue weighted by molar-refractivity contribution is 5.01. The summed E-state index contributed by atoms with van der Waals surface area (Å²) in [7, 11) is 0. The first-order valence-corrected chi connectivity index (χ1v) is 4.35. The molecule has 0 aromatic carbocycles. The number of hydrogen-bond donors (Lipinski definition) is 2. The zero-order chi connectivity index (χ0) is 9.26. The summed E-state index contributed by atoms with van der Waals surface area (Å²) >= 11 is 0. The molecule has 0 radical (unpaired) electrons. The van der Waals surface area contributed by atoms with Crippen LogP contribution in [-0.4, -0.2) is 9.55 Å². The molecule has 1 aliphatic rings. The van der Waals surface area contributed by atoms with Crippen LogP contribution in [0.4, 0.5) is 0 Å². The van der Waals surface area contributed by atoms with Crippen LogP contribution in [-0.2, 0) is 6.54 Å². The van der Waals surface area contributed by atoms with Crippen molar-refractivity contribution in [3.8, 4) is 0 Å². The average Bonchev–Trinajstić information content (AvgIpc) is 2.18. The van der Waals surface area contributed by atoms with Crippen molar-refractivity contribution >= 4 is 0 Å². The van der Waals surface area contributed by atoms with E-state index >= 15 is 0 Å². The van der Waals surface area contributed by atoms with E-state index in [-0.39, 0.29) is 11.6 Å². The third-order valence-electron chi connectivity index (χ3n) is 2.35. The van der Waals surface area contributed by atoms with Crippen LogP contribution in [0.25, 0.3) is 0 Å². The zero-order valence-corrected chi connectivity index (χ0v) is 7.23. The van der Waals surface area contributed by atoms with Gasteiger partial charge in [-0.15, -0.1) is 0 Å². The van der Waals surface area contributed by atoms with Gasteiger partial charge in [0.05, 0.1) is 6.04 Å². The maximum Gasteiger partial charge on any atom is 0.253 e. The highest BCUT2D eigenvalue weighted by atomic mass is 16.1. The normalized spacial score (nSPS) is 21.2. The maximum atomic E-state index is 11.4. The summed E-state index contributed by atoms with van der Waals surface area (Å²) < 4.78 is 1.67. The van der Waals surface area contributed by atoms with Gasteiger partial charge < -0.3 is 0 Å². The molecule has 5 nitrogen and oxygen atoms in total. The summed E-state index contributed by atoms with van der Waals surface area (Å²) in [4.78, 5) is 15.5. The van der Waals surface area contributed by atoms with Gasteiger partial charge in [0.25, 0.3) is 5.56 Å². The van der Waals surface area contributed by atoms with Crippen molar-refractivity contribution in [3.05, 3.63) is 28.4 Å². The molecule has 0 spiro atoms. The van der Waals surface area contributed by atoms with Crippen molar-refractivity contribution in [2.45, 2.75) is 25.4 Å². The van der Waals surface area contributed by atoms with E-state index < -0.39 is 0 Å². The summed E-state index contributed by atoms with van der Waals surface area (Å²) in [5.41, 5.74) is 2.67. The van der Waals surface area contributed by atoms with Crippen LogP contribution in [0.15, 0.2) is 17.1 Å². The van der Waals surface area contributed by atoms with E-state index in [1.165, 1.54) is 12.3 Å². The van der Waals surface area contributed by atoms with E-state index in [2.05, 4.69) is 10.4 Å². The number of nitrogens with two attached hydrogens (primary N) is 1. The van der Waals surface area contributed by atoms with E-state index in [1.54, 1.807) is 4.57 Å². The summed E-state index contributed by atoms with van der Waals surface area (Å²) in [5.74, 6) is 6.11. The molecule has 0 aliphatic carbocycles. The van der Waals surface area contributed by atoms with E-state index in [4.69, 9.17) is 5.84 Å². The summed E-state index contributed by atoms with van der Waals surface area (Å²) in [6.45, 7) is 0.750. The van der Waals surface area contributed by atoms with Crippen molar-refractivity contribution in [1.82, 2.24) is 15.0 Å². The van der Waals surface area contributed by atoms with Crippen LogP contribution in [0.1, 0.15) is 24.7 Å². The molecule has 70 valence electrons. The summed E-state index contributed by atoms with van der Waals surface area (Å²) in [6, 6.07) is 1.49. The highest BCUT2D eigenvalue weighted by Crippen LogP contribution is 2.19. The maximum absolute atomic E-state index is 11.4. The Bertz CT molecular complexity index is 359. The molecule has 3 N–H and O–H groups in total. The Morgan fingerprint density at radius 3 is 3.31 bits per heavy atom. The van der Waals surface area contributed by atoms with E-state index in [0.717, 1.165) is 25.2 Å². The van der Waals surface area contributed by atoms with Gasteiger partial charge in [-0.3, -0.25) is 15.2 Å². The molecule has 5 heteroatoms. The predicted octanol–water partition coefficient (Wildman–Crippen LogP) is -0.459. The van der Waals surface area contributed by atoms with Crippen LogP contribution >= 0.6 is 0 Å². The average molecular weight is 180 g/mol. The van der Waals surface area contributed by atoms with Crippen molar-refractivity contribution in [3.63, 3.8) is 0 Å². The number of rotatable bonds is 1. The number of nitrogens with one attached hydrogen (secondary N) is 1. The third kappa shape index (κ3) is 1.36. The molecule has 1 unspecified atom stereocenters. The van der Waals surface area contributed by atoms with Gasteiger partial charge in [-0.25, -0.2) is 10.4 Å². The SMILES string of the molecule is NNC1CCCn2c1nccc2=O. The van der Waals surface area contributed by atoms with Crippen molar-refractivity contribution < 1.29 is 0 Å². The lowest BCUT2D eigenvalue weighted by molar-refractivity contribution is 0.377. The Morgan fingerprint density at radius 1 is 1.69 bits per heavy atom. The topological polar surface area (TPSA) is 72.9 Å². The van der Waals surface area contributed by atoms with Crippen LogP contribution in [0.3, 0.4) is 0 Å². The number of hydrazine groups is 1. The molecular weight excluding hydrogens is 168 g/mol. The molecule has 0 amide bonds. The van der Waals surface area contributed by atoms with Gasteiger partial charge in [-0.2, -0.15) is 0 Å². The monoisotopic (exact) mass is 180 g/mol. The first kappa shape index (κ1) is 8.40. The second kappa shape index (κ2) is 3.27. The summed E-state index contributed by atoms with van der Waals surface area (Å²) in [5, 5.41) is 0. The third-order valence-corrected chi connectivity index (χ3v) is 2.35. The van der Waals surface area contributed by atoms with E-state index in [9.17, 15) is 4.79 Å². The largest absolute Gasteiger partial charge is 0.295 e. The van der Waals surface area contributed by atoms with Crippen LogP contribution < -0.4 is 16.8 Å². The molecular formula is C8H12N4O. The Morgan fingerprint density at radius 2 is 2.54 bits per heavy atom. The Labute approximate surface area is 75.6 Å². The Balaban J connectivity index is 2.51. The second-order valence-electron chi connectivity index (χ2n) is 3.15. The molecule has 0 fully saturated rings. The Hall–Kier alpha value is -1.20. The molecule has 1 aliphatic heterocycles. The fourth-order valence-electron chi connectivity index (χ4n) is 1.69. The minimum Gasteiger partial charge on any atom is -0.295 e. The molecule has 2 rings (SSSR count). The van der Waals surface area contributed by atoms with Crippen molar-refractivity contribution in [2.24, 2.45) is 5.84 Å². The van der Waals surface area contributed by atoms with Crippen LogP contribution in [0.5, 0.6) is 0 Å². The minimum atomic E-state index is 0.00458. The standard InChI is InChI=1S/C8H12N4O/c9-11-6-2-1-5-12-7(13)3-4-10-8(6)12/h3-4,6,11H,1-2,5,9H2. The number of aromatic nitrogens is 2. The number of hydrogen-bond acceptors (Lipinski definition) is 4. The Kier molecular flexibility index (Phi) is 2.12. The smallest absolute Gasteiger partial charge is 0.253 e. The fourth-order valence-corrected chi connectivity index (χ4v) is 1.69. The van der Waals surface area contributed by atoms with Gasteiger partial charge in [0.15, 0.2) is 0 Å². The zero-order valence-electron chi connectivity index (χ0n) is 7.23. The highest BCUT2D eigenvalue weighted by Gasteiger charge is 2.20. The molecule has 1 atom stereocenters. The quantitative estimate of drug-likeness (QED) is 0.453. The minimum absolute atomic E-state index is 0.00458. The lowest BCUT2D eigenvalue weighted by Crippen LogP contribution is -2.37. The molecule has 0 saturated heterocycles. The van der Waals surface area contributed by atoms with Crippen LogP contribution in [0, 0.1) is 0 Å². The summed E-state index contributed by atoms with van der Waals surface area (Å²) in [6.07, 6.45) is 3.43. The molecule has 0 bridgehead atoms. The van der Waals surface area contributed by atoms with Gasteiger partial charge in [-0.05, 0) is 12.8 Å². The van der Waals surface area contributed by atoms with Gasteiger partial charge in [0, 0.05) is 18.8 Å². The molecule has 0 saturated carbocycles. The molecule has 1 aromatic rings. The molecule has 2 heterocycles. The van der Waals surface area contributed by atoms with Gasteiger partial charge in [-0.1, -0.05) is 0 Å². The fraction of sp³-hybridized carbons (Fsp3) is 0.500.